The number of carbonyl (C=O) groups is 1. The van der Waals surface area contributed by atoms with E-state index in [1.54, 1.807) is 0 Å². The Balaban J connectivity index is 3.24. The molecule has 0 aliphatic carbocycles. The van der Waals surface area contributed by atoms with Gasteiger partial charge in [-0.25, -0.2) is 0 Å². The van der Waals surface area contributed by atoms with E-state index in [4.69, 9.17) is 0 Å². The van der Waals surface area contributed by atoms with Gasteiger partial charge in [0.05, 0.1) is 0 Å². The van der Waals surface area contributed by atoms with Crippen molar-refractivity contribution in [2.75, 3.05) is 0 Å². The van der Waals surface area contributed by atoms with Crippen molar-refractivity contribution in [2.24, 2.45) is 0 Å². The van der Waals surface area contributed by atoms with Crippen molar-refractivity contribution >= 4 is 13.8 Å². The molecule has 2 nitrogen and oxygen atoms in total. The van der Waals surface area contributed by atoms with Crippen molar-refractivity contribution in [1.82, 2.24) is 5.32 Å². The highest BCUT2D eigenvalue weighted by Gasteiger charge is 1.96. The predicted molar refractivity (Wildman–Crippen MR) is 36.6 cm³/mol. The van der Waals surface area contributed by atoms with Crippen molar-refractivity contribution in [3.8, 4) is 0 Å². The van der Waals surface area contributed by atoms with Crippen LogP contribution in [-0.2, 0) is 4.79 Å². The molecule has 0 fully saturated rings. The van der Waals surface area contributed by atoms with E-state index in [0.29, 0.717) is 6.04 Å². The van der Waals surface area contributed by atoms with Gasteiger partial charge in [0.25, 0.3) is 0 Å². The van der Waals surface area contributed by atoms with Crippen LogP contribution < -0.4 is 5.32 Å². The Hall–Kier alpha value is -0.465. The molecule has 0 aromatic rings. The number of hydrogen-bond donors (Lipinski definition) is 1. The summed E-state index contributed by atoms with van der Waals surface area (Å²) in [4.78, 5) is 10.3. The van der Waals surface area contributed by atoms with E-state index in [1.807, 2.05) is 14.8 Å². The summed E-state index contributed by atoms with van der Waals surface area (Å²) in [6.07, 6.45) is 1.000. The molecule has 0 saturated carbocycles. The third kappa shape index (κ3) is 3.72. The van der Waals surface area contributed by atoms with Gasteiger partial charge < -0.3 is 5.32 Å². The molecule has 0 aromatic heterocycles. The van der Waals surface area contributed by atoms with Crippen molar-refractivity contribution in [2.45, 2.75) is 26.2 Å². The highest BCUT2D eigenvalue weighted by molar-refractivity contribution is 6.09. The number of hydrogen-bond acceptors (Lipinski definition) is 1. The minimum atomic E-state index is 0.0550. The van der Waals surface area contributed by atoms with Crippen LogP contribution in [0.2, 0.25) is 6.32 Å². The summed E-state index contributed by atoms with van der Waals surface area (Å²) in [5, 5.41) is 2.75. The van der Waals surface area contributed by atoms with E-state index >= 15 is 0 Å². The fourth-order valence-electron chi connectivity index (χ4n) is 0.449. The van der Waals surface area contributed by atoms with Crippen LogP contribution in [0.3, 0.4) is 0 Å². The van der Waals surface area contributed by atoms with Crippen molar-refractivity contribution in [1.29, 1.82) is 0 Å². The Kier molecular flexibility index (Phi) is 3.32. The van der Waals surface area contributed by atoms with E-state index in [2.05, 4.69) is 5.32 Å². The van der Waals surface area contributed by atoms with E-state index in [9.17, 15) is 4.79 Å². The van der Waals surface area contributed by atoms with Crippen LogP contribution in [0, 0.1) is 0 Å². The summed E-state index contributed by atoms with van der Waals surface area (Å²) >= 11 is 0. The lowest BCUT2D eigenvalue weighted by atomic mass is 9.99. The molecule has 0 saturated heterocycles. The molecule has 0 heterocycles. The lowest BCUT2D eigenvalue weighted by molar-refractivity contribution is -0.119. The van der Waals surface area contributed by atoms with Gasteiger partial charge in [-0.2, -0.15) is 0 Å². The molecule has 3 heteroatoms. The SMILES string of the molecule is BC[C@@H](C)NC(C)=O. The largest absolute Gasteiger partial charge is 0.355 e. The maximum atomic E-state index is 10.3. The molecule has 8 heavy (non-hydrogen) atoms. The second-order valence-electron chi connectivity index (χ2n) is 2.01. The van der Waals surface area contributed by atoms with Crippen LogP contribution in [0.5, 0.6) is 0 Å². The molecule has 1 N–H and O–H groups in total. The first-order valence-electron chi connectivity index (χ1n) is 2.94. The molecule has 0 aliphatic heterocycles. The smallest absolute Gasteiger partial charge is 0.217 e. The van der Waals surface area contributed by atoms with Gasteiger partial charge in [-0.1, -0.05) is 6.32 Å². The monoisotopic (exact) mass is 113 g/mol. The number of nitrogens with one attached hydrogen (secondary N) is 1. The summed E-state index contributed by atoms with van der Waals surface area (Å²) in [6, 6.07) is 0.326. The number of carbonyl (C=O) groups excluding carboxylic acids is 1. The Morgan fingerprint density at radius 3 is 2.50 bits per heavy atom. The Bertz CT molecular complexity index is 84.5. The van der Waals surface area contributed by atoms with E-state index < -0.39 is 0 Å². The second-order valence-corrected chi connectivity index (χ2v) is 2.01. The molecule has 0 aromatic carbocycles. The molecule has 1 atom stereocenters. The summed E-state index contributed by atoms with van der Waals surface area (Å²) in [5.74, 6) is 0.0550. The van der Waals surface area contributed by atoms with Crippen LogP contribution in [0.1, 0.15) is 13.8 Å². The third-order valence-electron chi connectivity index (χ3n) is 1.06. The van der Waals surface area contributed by atoms with Gasteiger partial charge in [-0.15, -0.1) is 0 Å². The maximum Gasteiger partial charge on any atom is 0.217 e. The first kappa shape index (κ1) is 7.53. The molecule has 0 unspecified atom stereocenters. The maximum absolute atomic E-state index is 10.3. The van der Waals surface area contributed by atoms with Gasteiger partial charge in [-0.3, -0.25) is 4.79 Å². The standard InChI is InChI=1S/C5H12BNO/c1-4(3-6)7-5(2)8/h4H,3,6H2,1-2H3,(H,7,8)/t4-/m1/s1. The molecule has 46 valence electrons. The minimum absolute atomic E-state index is 0.0550. The van der Waals surface area contributed by atoms with Crippen molar-refractivity contribution < 1.29 is 4.79 Å². The molecule has 0 spiro atoms. The van der Waals surface area contributed by atoms with Crippen LogP contribution in [0.15, 0.2) is 0 Å². The normalized spacial score (nSPS) is 12.8. The van der Waals surface area contributed by atoms with Gasteiger partial charge in [0.1, 0.15) is 7.85 Å². The topological polar surface area (TPSA) is 29.1 Å². The molecule has 0 aliphatic rings. The van der Waals surface area contributed by atoms with Gasteiger partial charge in [0.15, 0.2) is 0 Å². The lowest BCUT2D eigenvalue weighted by Crippen LogP contribution is -2.29. The zero-order valence-corrected chi connectivity index (χ0v) is 5.69. The Labute approximate surface area is 51.1 Å². The van der Waals surface area contributed by atoms with E-state index in [-0.39, 0.29) is 5.91 Å². The quantitative estimate of drug-likeness (QED) is 0.483. The number of amides is 1. The molecule has 0 radical (unpaired) electrons. The van der Waals surface area contributed by atoms with Gasteiger partial charge in [0, 0.05) is 13.0 Å². The van der Waals surface area contributed by atoms with Gasteiger partial charge >= 0.3 is 0 Å². The molecule has 0 rings (SSSR count). The molecular formula is C5H12BNO. The van der Waals surface area contributed by atoms with Gasteiger partial charge in [-0.05, 0) is 6.92 Å². The molecule has 0 bridgehead atoms. The Morgan fingerprint density at radius 1 is 1.88 bits per heavy atom. The van der Waals surface area contributed by atoms with Crippen molar-refractivity contribution in [3.63, 3.8) is 0 Å². The Morgan fingerprint density at radius 2 is 2.38 bits per heavy atom. The second kappa shape index (κ2) is 3.53. The highest BCUT2D eigenvalue weighted by Crippen LogP contribution is 1.83. The van der Waals surface area contributed by atoms with Gasteiger partial charge in [0.2, 0.25) is 5.91 Å². The highest BCUT2D eigenvalue weighted by atomic mass is 16.1. The number of rotatable bonds is 2. The summed E-state index contributed by atoms with van der Waals surface area (Å²) in [7, 11) is 2.04. The molecule has 1 amide bonds. The lowest BCUT2D eigenvalue weighted by Gasteiger charge is -2.07. The van der Waals surface area contributed by atoms with Crippen LogP contribution in [0.4, 0.5) is 0 Å². The fraction of sp³-hybridized carbons (Fsp3) is 0.800. The van der Waals surface area contributed by atoms with Crippen molar-refractivity contribution in [3.05, 3.63) is 0 Å². The van der Waals surface area contributed by atoms with E-state index in [0.717, 1.165) is 6.32 Å². The van der Waals surface area contributed by atoms with E-state index in [1.165, 1.54) is 6.92 Å². The van der Waals surface area contributed by atoms with Crippen LogP contribution in [0.25, 0.3) is 0 Å². The summed E-state index contributed by atoms with van der Waals surface area (Å²) in [6.45, 7) is 3.52. The van der Waals surface area contributed by atoms with Crippen LogP contribution in [-0.4, -0.2) is 19.8 Å². The predicted octanol–water partition coefficient (Wildman–Crippen LogP) is -0.438. The first-order valence-corrected chi connectivity index (χ1v) is 2.94. The zero-order valence-electron chi connectivity index (χ0n) is 5.69. The minimum Gasteiger partial charge on any atom is -0.355 e. The fourth-order valence-corrected chi connectivity index (χ4v) is 0.449. The average Bonchev–Trinajstić information content (AvgIpc) is 1.65. The molecular weight excluding hydrogens is 101 g/mol. The van der Waals surface area contributed by atoms with Crippen LogP contribution >= 0.6 is 0 Å². The average molecular weight is 113 g/mol. The first-order chi connectivity index (χ1) is 3.66. The zero-order chi connectivity index (χ0) is 6.57. The third-order valence-corrected chi connectivity index (χ3v) is 1.06. The summed E-state index contributed by atoms with van der Waals surface area (Å²) in [5.41, 5.74) is 0. The summed E-state index contributed by atoms with van der Waals surface area (Å²) < 4.78 is 0.